The molecule has 3 fully saturated rings. The number of ether oxygens (including phenoxy) is 6. The van der Waals surface area contributed by atoms with E-state index in [1.54, 1.807) is 20.8 Å². The number of benzene rings is 2. The largest absolute Gasteiger partial charge is 0.465 e. The van der Waals surface area contributed by atoms with E-state index in [9.17, 15) is 71.9 Å². The minimum atomic E-state index is -4.86. The fraction of sp³-hybridized carbons (Fsp3) is 0.643. The van der Waals surface area contributed by atoms with Crippen LogP contribution in [0.1, 0.15) is 67.7 Å². The maximum atomic E-state index is 14.0. The Morgan fingerprint density at radius 3 is 1.83 bits per heavy atom. The van der Waals surface area contributed by atoms with Gasteiger partial charge in [-0.3, -0.25) is 20.2 Å². The molecule has 402 valence electrons. The van der Waals surface area contributed by atoms with Crippen molar-refractivity contribution in [3.63, 3.8) is 0 Å². The zero-order valence-electron chi connectivity index (χ0n) is 40.4. The lowest BCUT2D eigenvalue weighted by atomic mass is 9.83. The molecule has 3 aliphatic rings. The summed E-state index contributed by atoms with van der Waals surface area (Å²) in [5.74, 6) is 0. The molecule has 8 N–H and O–H groups in total. The molecule has 1 saturated carbocycles. The van der Waals surface area contributed by atoms with Crippen molar-refractivity contribution in [1.29, 1.82) is 0 Å². The van der Waals surface area contributed by atoms with Gasteiger partial charge in [-0.1, -0.05) is 24.3 Å². The third-order valence-corrected chi connectivity index (χ3v) is 14.4. The van der Waals surface area contributed by atoms with Crippen molar-refractivity contribution in [2.24, 2.45) is 0 Å². The van der Waals surface area contributed by atoms with Crippen LogP contribution in [0.3, 0.4) is 0 Å². The van der Waals surface area contributed by atoms with E-state index < -0.39 is 173 Å². The summed E-state index contributed by atoms with van der Waals surface area (Å²) in [6.45, 7) is 9.39. The van der Waals surface area contributed by atoms with Crippen LogP contribution in [0, 0.1) is 20.2 Å². The third kappa shape index (κ3) is 14.4. The predicted octanol–water partition coefficient (Wildman–Crippen LogP) is 1.40. The monoisotopic (exact) mass is 1060 g/mol. The van der Waals surface area contributed by atoms with Crippen LogP contribution < -0.4 is 20.1 Å². The number of hydrogen-bond donors (Lipinski definition) is 8. The molecule has 2 aromatic rings. The van der Waals surface area contributed by atoms with Gasteiger partial charge in [0.25, 0.3) is 11.4 Å². The van der Waals surface area contributed by atoms with Crippen LogP contribution in [0.15, 0.2) is 58.3 Å². The van der Waals surface area contributed by atoms with Crippen LogP contribution in [0.5, 0.6) is 0 Å². The van der Waals surface area contributed by atoms with E-state index >= 15 is 0 Å². The van der Waals surface area contributed by atoms with Crippen LogP contribution in [0.4, 0.5) is 25.8 Å². The number of carbonyl (C=O) groups is 3. The molecule has 2 saturated heterocycles. The van der Waals surface area contributed by atoms with E-state index in [1.807, 2.05) is 0 Å². The van der Waals surface area contributed by atoms with Crippen molar-refractivity contribution in [2.45, 2.75) is 162 Å². The highest BCUT2D eigenvalue weighted by Gasteiger charge is 2.55. The zero-order valence-corrected chi connectivity index (χ0v) is 42.0. The summed E-state index contributed by atoms with van der Waals surface area (Å²) < 4.78 is 94.6. The second-order valence-corrected chi connectivity index (χ2v) is 23.0. The molecular formula is C42H61N7O21S2. The number of nitro groups is 2. The first kappa shape index (κ1) is 57.5. The third-order valence-electron chi connectivity index (χ3n) is 11.4. The highest BCUT2D eigenvalue weighted by atomic mass is 32.2. The van der Waals surface area contributed by atoms with Crippen molar-refractivity contribution in [3.05, 3.63) is 68.8 Å². The Kier molecular flexibility index (Phi) is 17.9. The quantitative estimate of drug-likeness (QED) is 0.0870. The van der Waals surface area contributed by atoms with E-state index in [0.717, 1.165) is 29.2 Å². The molecule has 0 aromatic heterocycles. The number of aliphatic hydroxyl groups excluding tert-OH is 2. The Labute approximate surface area is 414 Å². The standard InChI is InChI=1S/C42H61N7O21S2/c1-40(2,3)69-38(54)45-25-19-24(44-37(52)53)32(68-36-31(51)34(42(7,56)21-65-36)47(8)39(55)70-41(4,5)6)30(50)33(25)67-35-23(46-72(63,64)29-16-12-10-14-27(29)49(59)60)18-17-22(66-35)20-43-71(61,62)28-15-11-9-13-26(28)48(57)58/h9-16,22-25,30-36,43-44,46,50-51,56H,17-21H2,1-8H3,(H,45,54)(H,52,53)/t22-,23+,24+,25-,30-,31+,32-,33+,34+,35+,36+,42-/m0/s1. The number of nitrogens with zero attached hydrogens (tertiary/aromatic N) is 3. The average molecular weight is 1060 g/mol. The lowest BCUT2D eigenvalue weighted by molar-refractivity contribution is -0.388. The number of rotatable bonds is 16. The molecule has 1 aliphatic carbocycles. The number of carbonyl (C=O) groups excluding carboxylic acids is 2. The normalized spacial score (nSPS) is 29.3. The predicted molar refractivity (Wildman–Crippen MR) is 246 cm³/mol. The SMILES string of the molecule is CN(C(=O)OC(C)(C)C)[C@@H]1[C@@H](O)[C@@H](O[C@@H]2[C@H](O)[C@H](O[C@H]3O[C@H](CNS(=O)(=O)c4ccccc4[N+](=O)[O-])CC[C@H]3NS(=O)(=O)c3ccccc3[N+](=O)[O-])[C@@H](NC(=O)OC(C)(C)C)C[C@H]2NC(=O)O)OC[C@]1(C)O. The highest BCUT2D eigenvalue weighted by molar-refractivity contribution is 7.90. The number of hydrogen-bond acceptors (Lipinski definition) is 20. The topological polar surface area (TPSA) is 393 Å². The molecule has 2 aliphatic heterocycles. The number of para-hydroxylation sites is 2. The van der Waals surface area contributed by atoms with Gasteiger partial charge in [0, 0.05) is 25.7 Å². The summed E-state index contributed by atoms with van der Waals surface area (Å²) in [7, 11) is -8.25. The number of alkyl carbamates (subject to hydrolysis) is 1. The molecule has 72 heavy (non-hydrogen) atoms. The first-order chi connectivity index (χ1) is 33.2. The summed E-state index contributed by atoms with van der Waals surface area (Å²) in [5.41, 5.74) is -5.64. The summed E-state index contributed by atoms with van der Waals surface area (Å²) in [6, 6.07) is 2.78. The minimum Gasteiger partial charge on any atom is -0.465 e. The van der Waals surface area contributed by atoms with Crippen LogP contribution in [0.25, 0.3) is 0 Å². The smallest absolute Gasteiger partial charge is 0.410 e. The van der Waals surface area contributed by atoms with Crippen LogP contribution in [-0.4, -0.2) is 175 Å². The number of nitro benzene ring substituents is 2. The number of amides is 3. The van der Waals surface area contributed by atoms with Gasteiger partial charge in [-0.05, 0) is 79.9 Å². The molecule has 3 amide bonds. The minimum absolute atomic E-state index is 0.161. The van der Waals surface area contributed by atoms with Crippen molar-refractivity contribution in [2.75, 3.05) is 20.2 Å². The molecule has 2 aromatic carbocycles. The Morgan fingerprint density at radius 1 is 0.792 bits per heavy atom. The van der Waals surface area contributed by atoms with Gasteiger partial charge in [0.2, 0.25) is 20.0 Å². The van der Waals surface area contributed by atoms with Gasteiger partial charge in [0.1, 0.15) is 41.2 Å². The van der Waals surface area contributed by atoms with E-state index in [0.29, 0.717) is 0 Å². The molecule has 0 unspecified atom stereocenters. The van der Waals surface area contributed by atoms with E-state index in [-0.39, 0.29) is 12.8 Å². The highest BCUT2D eigenvalue weighted by Crippen LogP contribution is 2.36. The fourth-order valence-electron chi connectivity index (χ4n) is 8.39. The van der Waals surface area contributed by atoms with Crippen LogP contribution in [0.2, 0.25) is 0 Å². The van der Waals surface area contributed by atoms with Gasteiger partial charge in [0.05, 0.1) is 46.7 Å². The lowest BCUT2D eigenvalue weighted by Crippen LogP contribution is -2.70. The van der Waals surface area contributed by atoms with Gasteiger partial charge in [-0.2, -0.15) is 0 Å². The second-order valence-electron chi connectivity index (χ2n) is 19.5. The van der Waals surface area contributed by atoms with Crippen LogP contribution >= 0.6 is 0 Å². The zero-order chi connectivity index (χ0) is 53.9. The average Bonchev–Trinajstić information content (AvgIpc) is 3.25. The summed E-state index contributed by atoms with van der Waals surface area (Å²) in [6.07, 6.45) is -17.4. The molecule has 0 radical (unpaired) electrons. The Balaban J connectivity index is 1.55. The first-order valence-corrected chi connectivity index (χ1v) is 25.3. The number of likely N-dealkylation sites (N-methyl/N-ethyl adjacent to an activating group) is 1. The van der Waals surface area contributed by atoms with Crippen molar-refractivity contribution >= 4 is 49.7 Å². The molecule has 2 heterocycles. The summed E-state index contributed by atoms with van der Waals surface area (Å²) in [4.78, 5) is 60.1. The molecule has 0 spiro atoms. The number of nitrogens with one attached hydrogen (secondary N) is 4. The van der Waals surface area contributed by atoms with Crippen molar-refractivity contribution < 1.29 is 89.9 Å². The maximum absolute atomic E-state index is 14.0. The van der Waals surface area contributed by atoms with Gasteiger partial charge in [0.15, 0.2) is 22.4 Å². The molecule has 0 bridgehead atoms. The Hall–Kier alpha value is -5.41. The van der Waals surface area contributed by atoms with E-state index in [2.05, 4.69) is 20.1 Å². The summed E-state index contributed by atoms with van der Waals surface area (Å²) in [5, 5.41) is 73.8. The molecule has 30 heteroatoms. The lowest BCUT2D eigenvalue weighted by Gasteiger charge is -2.50. The van der Waals surface area contributed by atoms with E-state index in [4.69, 9.17) is 28.4 Å². The van der Waals surface area contributed by atoms with Crippen LogP contribution in [-0.2, 0) is 48.5 Å². The number of carboxylic acid groups (broad SMARTS) is 1. The van der Waals surface area contributed by atoms with Gasteiger partial charge in [-0.25, -0.2) is 40.7 Å². The molecule has 5 rings (SSSR count). The molecule has 28 nitrogen and oxygen atoms in total. The van der Waals surface area contributed by atoms with E-state index in [1.165, 1.54) is 59.0 Å². The van der Waals surface area contributed by atoms with Crippen molar-refractivity contribution in [3.8, 4) is 0 Å². The number of sulfonamides is 2. The molecular weight excluding hydrogens is 1000 g/mol. The van der Waals surface area contributed by atoms with Gasteiger partial charge >= 0.3 is 18.3 Å². The number of aliphatic hydroxyl groups is 3. The molecule has 12 atom stereocenters. The van der Waals surface area contributed by atoms with Crippen molar-refractivity contribution in [1.82, 2.24) is 25.0 Å². The first-order valence-electron chi connectivity index (χ1n) is 22.3. The summed E-state index contributed by atoms with van der Waals surface area (Å²) >= 11 is 0. The fourth-order valence-corrected chi connectivity index (χ4v) is 11.1. The van der Waals surface area contributed by atoms with Gasteiger partial charge < -0.3 is 64.4 Å². The van der Waals surface area contributed by atoms with Gasteiger partial charge in [-0.15, -0.1) is 0 Å². The Morgan fingerprint density at radius 2 is 1.31 bits per heavy atom. The Bertz CT molecular complexity index is 2540. The second kappa shape index (κ2) is 22.4. The maximum Gasteiger partial charge on any atom is 0.410 e.